The topological polar surface area (TPSA) is 22.0 Å². The van der Waals surface area contributed by atoms with Crippen LogP contribution in [0, 0.1) is 0 Å². The van der Waals surface area contributed by atoms with Gasteiger partial charge in [0.15, 0.2) is 0 Å². The summed E-state index contributed by atoms with van der Waals surface area (Å²) in [4.78, 5) is 12.1. The zero-order chi connectivity index (χ0) is 13.9. The van der Waals surface area contributed by atoms with E-state index in [1.165, 1.54) is 6.08 Å². The summed E-state index contributed by atoms with van der Waals surface area (Å²) in [5.41, 5.74) is 0.833. The minimum Gasteiger partial charge on any atom is -0.290 e. The summed E-state index contributed by atoms with van der Waals surface area (Å²) >= 11 is 6.05. The standard InChI is InChI=1S/C17H12ClNO/c18-16-8-4-3-5-13(16)9-10-17(20)19-11-14-6-1-2-7-15(14)12-19/h1-12H/b10-9+. The van der Waals surface area contributed by atoms with Crippen LogP contribution in [0.25, 0.3) is 16.8 Å². The first-order valence-corrected chi connectivity index (χ1v) is 6.65. The molecule has 1 aromatic heterocycles. The molecule has 0 N–H and O–H groups in total. The summed E-state index contributed by atoms with van der Waals surface area (Å²) in [7, 11) is 0. The van der Waals surface area contributed by atoms with Crippen molar-refractivity contribution in [1.29, 1.82) is 0 Å². The first-order valence-electron chi connectivity index (χ1n) is 6.28. The van der Waals surface area contributed by atoms with E-state index in [4.69, 9.17) is 11.6 Å². The second kappa shape index (κ2) is 5.35. The molecule has 20 heavy (non-hydrogen) atoms. The predicted molar refractivity (Wildman–Crippen MR) is 83.1 cm³/mol. The van der Waals surface area contributed by atoms with E-state index in [9.17, 15) is 4.79 Å². The van der Waals surface area contributed by atoms with E-state index < -0.39 is 0 Å². The van der Waals surface area contributed by atoms with E-state index in [1.807, 2.05) is 54.9 Å². The Labute approximate surface area is 121 Å². The number of allylic oxidation sites excluding steroid dienone is 1. The Bertz CT molecular complexity index is 768. The molecule has 0 aliphatic carbocycles. The molecular weight excluding hydrogens is 270 g/mol. The van der Waals surface area contributed by atoms with E-state index in [-0.39, 0.29) is 5.91 Å². The van der Waals surface area contributed by atoms with Crippen LogP contribution in [-0.4, -0.2) is 10.5 Å². The average molecular weight is 282 g/mol. The lowest BCUT2D eigenvalue weighted by Crippen LogP contribution is -2.03. The molecule has 2 aromatic carbocycles. The summed E-state index contributed by atoms with van der Waals surface area (Å²) < 4.78 is 1.58. The molecule has 0 spiro atoms. The third kappa shape index (κ3) is 2.51. The molecule has 0 unspecified atom stereocenters. The van der Waals surface area contributed by atoms with Gasteiger partial charge in [-0.3, -0.25) is 9.36 Å². The van der Waals surface area contributed by atoms with Crippen LogP contribution >= 0.6 is 11.6 Å². The second-order valence-electron chi connectivity index (χ2n) is 4.49. The lowest BCUT2D eigenvalue weighted by molar-refractivity contribution is 0.0970. The van der Waals surface area contributed by atoms with Crippen molar-refractivity contribution in [2.45, 2.75) is 0 Å². The van der Waals surface area contributed by atoms with E-state index in [0.717, 1.165) is 16.3 Å². The monoisotopic (exact) mass is 281 g/mol. The molecule has 0 radical (unpaired) electrons. The molecule has 0 aliphatic heterocycles. The Morgan fingerprint density at radius 2 is 1.55 bits per heavy atom. The SMILES string of the molecule is O=C(/C=C/c1ccccc1Cl)n1cc2ccccc2c1. The van der Waals surface area contributed by atoms with Crippen LogP contribution in [-0.2, 0) is 0 Å². The van der Waals surface area contributed by atoms with E-state index in [2.05, 4.69) is 0 Å². The Morgan fingerprint density at radius 1 is 0.950 bits per heavy atom. The van der Waals surface area contributed by atoms with E-state index >= 15 is 0 Å². The minimum absolute atomic E-state index is 0.0962. The van der Waals surface area contributed by atoms with Gasteiger partial charge in [0.25, 0.3) is 5.91 Å². The zero-order valence-electron chi connectivity index (χ0n) is 10.7. The summed E-state index contributed by atoms with van der Waals surface area (Å²) in [6.07, 6.45) is 6.92. The number of aromatic nitrogens is 1. The van der Waals surface area contributed by atoms with Crippen LogP contribution in [0.3, 0.4) is 0 Å². The maximum absolute atomic E-state index is 12.1. The molecule has 0 saturated heterocycles. The van der Waals surface area contributed by atoms with Gasteiger partial charge in [-0.25, -0.2) is 0 Å². The van der Waals surface area contributed by atoms with Gasteiger partial charge in [0.1, 0.15) is 0 Å². The first kappa shape index (κ1) is 12.7. The van der Waals surface area contributed by atoms with Crippen LogP contribution in [0.5, 0.6) is 0 Å². The van der Waals surface area contributed by atoms with Crippen molar-refractivity contribution in [1.82, 2.24) is 4.57 Å². The number of halogens is 1. The van der Waals surface area contributed by atoms with Gasteiger partial charge in [0.2, 0.25) is 0 Å². The van der Waals surface area contributed by atoms with Crippen LogP contribution in [0.1, 0.15) is 10.4 Å². The van der Waals surface area contributed by atoms with Gasteiger partial charge in [-0.15, -0.1) is 0 Å². The fraction of sp³-hybridized carbons (Fsp3) is 0. The molecule has 0 fully saturated rings. The van der Waals surface area contributed by atoms with Crippen LogP contribution in [0.15, 0.2) is 67.0 Å². The summed E-state index contributed by atoms with van der Waals surface area (Å²) in [6.45, 7) is 0. The molecule has 0 bridgehead atoms. The normalized spacial score (nSPS) is 11.2. The summed E-state index contributed by atoms with van der Waals surface area (Å²) in [5.74, 6) is -0.0962. The molecule has 3 rings (SSSR count). The van der Waals surface area contributed by atoms with Crippen molar-refractivity contribution >= 4 is 34.4 Å². The molecule has 0 amide bonds. The molecule has 0 atom stereocenters. The molecule has 3 heteroatoms. The van der Waals surface area contributed by atoms with E-state index in [0.29, 0.717) is 5.02 Å². The van der Waals surface area contributed by atoms with Crippen LogP contribution < -0.4 is 0 Å². The number of carbonyl (C=O) groups is 1. The number of carbonyl (C=O) groups excluding carboxylic acids is 1. The Hall–Kier alpha value is -2.32. The van der Waals surface area contributed by atoms with Crippen molar-refractivity contribution in [3.63, 3.8) is 0 Å². The number of hydrogen-bond acceptors (Lipinski definition) is 1. The highest BCUT2D eigenvalue weighted by molar-refractivity contribution is 6.32. The summed E-state index contributed by atoms with van der Waals surface area (Å²) in [6, 6.07) is 15.3. The quantitative estimate of drug-likeness (QED) is 0.627. The molecule has 3 aromatic rings. The second-order valence-corrected chi connectivity index (χ2v) is 4.89. The Morgan fingerprint density at radius 3 is 2.20 bits per heavy atom. The third-order valence-electron chi connectivity index (χ3n) is 3.12. The first-order chi connectivity index (χ1) is 9.74. The third-order valence-corrected chi connectivity index (χ3v) is 3.46. The van der Waals surface area contributed by atoms with Crippen molar-refractivity contribution in [3.8, 4) is 0 Å². The molecule has 2 nitrogen and oxygen atoms in total. The molecular formula is C17H12ClNO. The average Bonchev–Trinajstić information content (AvgIpc) is 2.90. The highest BCUT2D eigenvalue weighted by atomic mass is 35.5. The Kier molecular flexibility index (Phi) is 3.40. The highest BCUT2D eigenvalue weighted by Gasteiger charge is 2.03. The number of benzene rings is 2. The lowest BCUT2D eigenvalue weighted by Gasteiger charge is -1.97. The molecule has 1 heterocycles. The minimum atomic E-state index is -0.0962. The number of rotatable bonds is 2. The van der Waals surface area contributed by atoms with Gasteiger partial charge in [0, 0.05) is 23.5 Å². The smallest absolute Gasteiger partial charge is 0.254 e. The molecule has 98 valence electrons. The fourth-order valence-corrected chi connectivity index (χ4v) is 2.27. The fourth-order valence-electron chi connectivity index (χ4n) is 2.07. The number of fused-ring (bicyclic) bond motifs is 1. The van der Waals surface area contributed by atoms with Gasteiger partial charge in [-0.05, 0) is 28.5 Å². The number of hydrogen-bond donors (Lipinski definition) is 0. The van der Waals surface area contributed by atoms with Crippen LogP contribution in [0.4, 0.5) is 0 Å². The maximum atomic E-state index is 12.1. The van der Waals surface area contributed by atoms with Crippen molar-refractivity contribution in [2.75, 3.05) is 0 Å². The number of nitrogens with zero attached hydrogens (tertiary/aromatic N) is 1. The van der Waals surface area contributed by atoms with Gasteiger partial charge < -0.3 is 0 Å². The van der Waals surface area contributed by atoms with Gasteiger partial charge >= 0.3 is 0 Å². The van der Waals surface area contributed by atoms with Crippen molar-refractivity contribution in [3.05, 3.63) is 77.6 Å². The maximum Gasteiger partial charge on any atom is 0.254 e. The largest absolute Gasteiger partial charge is 0.290 e. The molecule has 0 aliphatic rings. The van der Waals surface area contributed by atoms with Gasteiger partial charge in [-0.1, -0.05) is 54.1 Å². The van der Waals surface area contributed by atoms with E-state index in [1.54, 1.807) is 16.7 Å². The highest BCUT2D eigenvalue weighted by Crippen LogP contribution is 2.17. The van der Waals surface area contributed by atoms with Crippen LogP contribution in [0.2, 0.25) is 5.02 Å². The zero-order valence-corrected chi connectivity index (χ0v) is 11.4. The van der Waals surface area contributed by atoms with Gasteiger partial charge in [-0.2, -0.15) is 0 Å². The van der Waals surface area contributed by atoms with Crippen molar-refractivity contribution in [2.24, 2.45) is 0 Å². The predicted octanol–water partition coefficient (Wildman–Crippen LogP) is 4.65. The molecule has 0 saturated carbocycles. The van der Waals surface area contributed by atoms with Crippen molar-refractivity contribution < 1.29 is 4.79 Å². The lowest BCUT2D eigenvalue weighted by atomic mass is 10.2. The summed E-state index contributed by atoms with van der Waals surface area (Å²) in [5, 5.41) is 2.73. The van der Waals surface area contributed by atoms with Gasteiger partial charge in [0.05, 0.1) is 0 Å². The Balaban J connectivity index is 1.88.